The van der Waals surface area contributed by atoms with Crippen molar-refractivity contribution in [3.05, 3.63) is 48.0 Å². The summed E-state index contributed by atoms with van der Waals surface area (Å²) in [4.78, 5) is 22.2. The third kappa shape index (κ3) is 4.34. The van der Waals surface area contributed by atoms with Crippen LogP contribution in [0.5, 0.6) is 0 Å². The maximum atomic E-state index is 11.6. The Labute approximate surface area is 201 Å². The van der Waals surface area contributed by atoms with Crippen molar-refractivity contribution in [1.82, 2.24) is 0 Å². The van der Waals surface area contributed by atoms with Crippen molar-refractivity contribution in [2.75, 3.05) is 6.61 Å². The molecule has 0 aromatic heterocycles. The van der Waals surface area contributed by atoms with Gasteiger partial charge in [0, 0.05) is 6.42 Å². The summed E-state index contributed by atoms with van der Waals surface area (Å²) in [6.45, 7) is 8.34. The fraction of sp³-hybridized carbons (Fsp3) is 0.571. The lowest BCUT2D eigenvalue weighted by Gasteiger charge is -2.48. The van der Waals surface area contributed by atoms with Crippen LogP contribution in [0.3, 0.4) is 0 Å². The van der Waals surface area contributed by atoms with Gasteiger partial charge in [0.1, 0.15) is 18.3 Å². The zero-order chi connectivity index (χ0) is 24.7. The number of hydrogen-bond acceptors (Lipinski definition) is 5. The van der Waals surface area contributed by atoms with Gasteiger partial charge in [-0.15, -0.1) is 0 Å². The van der Waals surface area contributed by atoms with Gasteiger partial charge in [-0.05, 0) is 66.3 Å². The molecule has 0 radical (unpaired) electrons. The molecule has 2 aliphatic heterocycles. The third-order valence-corrected chi connectivity index (χ3v) is 8.54. The van der Waals surface area contributed by atoms with E-state index in [1.807, 2.05) is 30.3 Å². The molecule has 5 unspecified atom stereocenters. The third-order valence-electron chi connectivity index (χ3n) is 8.54. The SMILES string of the molecule is CC1CC[C@@H]2C1CC1(C(C)C)CC(OC(=O)CO)C2(C)O1.O=C(O)c1ccc2ccccc2c1. The Morgan fingerprint density at radius 1 is 1.12 bits per heavy atom. The Balaban J connectivity index is 0.000000180. The van der Waals surface area contributed by atoms with Gasteiger partial charge in [0.05, 0.1) is 11.2 Å². The van der Waals surface area contributed by atoms with Gasteiger partial charge in [0.25, 0.3) is 0 Å². The van der Waals surface area contributed by atoms with Gasteiger partial charge in [0.15, 0.2) is 0 Å². The number of aromatic carboxylic acids is 1. The summed E-state index contributed by atoms with van der Waals surface area (Å²) in [5.41, 5.74) is -0.226. The molecule has 6 nitrogen and oxygen atoms in total. The first-order valence-corrected chi connectivity index (χ1v) is 12.3. The Morgan fingerprint density at radius 2 is 1.82 bits per heavy atom. The molecular weight excluding hydrogens is 432 g/mol. The van der Waals surface area contributed by atoms with Crippen LogP contribution in [0.4, 0.5) is 0 Å². The second-order valence-corrected chi connectivity index (χ2v) is 10.7. The molecule has 184 valence electrons. The maximum absolute atomic E-state index is 11.6. The van der Waals surface area contributed by atoms with Gasteiger partial charge in [-0.3, -0.25) is 0 Å². The molecule has 2 heterocycles. The summed E-state index contributed by atoms with van der Waals surface area (Å²) < 4.78 is 12.2. The average Bonchev–Trinajstić information content (AvgIpc) is 3.30. The lowest BCUT2D eigenvalue weighted by Crippen LogP contribution is -2.53. The first kappa shape index (κ1) is 24.7. The molecule has 34 heavy (non-hydrogen) atoms. The van der Waals surface area contributed by atoms with E-state index in [1.54, 1.807) is 12.1 Å². The largest absolute Gasteiger partial charge is 0.478 e. The van der Waals surface area contributed by atoms with Crippen LogP contribution in [-0.2, 0) is 14.3 Å². The number of carbonyl (C=O) groups is 2. The van der Waals surface area contributed by atoms with E-state index < -0.39 is 18.5 Å². The molecule has 1 aliphatic carbocycles. The Kier molecular flexibility index (Phi) is 6.76. The molecule has 6 heteroatoms. The minimum absolute atomic E-state index is 0.172. The summed E-state index contributed by atoms with van der Waals surface area (Å²) >= 11 is 0. The van der Waals surface area contributed by atoms with Gasteiger partial charge in [-0.25, -0.2) is 9.59 Å². The first-order valence-electron chi connectivity index (χ1n) is 12.3. The molecule has 2 bridgehead atoms. The van der Waals surface area contributed by atoms with Crippen LogP contribution in [0.1, 0.15) is 63.7 Å². The minimum Gasteiger partial charge on any atom is -0.478 e. The van der Waals surface area contributed by atoms with Gasteiger partial charge in [-0.2, -0.15) is 0 Å². The number of fused-ring (bicyclic) bond motifs is 5. The summed E-state index contributed by atoms with van der Waals surface area (Å²) in [5, 5.41) is 19.8. The predicted molar refractivity (Wildman–Crippen MR) is 130 cm³/mol. The van der Waals surface area contributed by atoms with E-state index in [-0.39, 0.29) is 17.3 Å². The van der Waals surface area contributed by atoms with Crippen LogP contribution in [-0.4, -0.2) is 46.1 Å². The first-order chi connectivity index (χ1) is 16.1. The van der Waals surface area contributed by atoms with Gasteiger partial charge in [0.2, 0.25) is 0 Å². The Hall–Kier alpha value is -2.44. The zero-order valence-electron chi connectivity index (χ0n) is 20.5. The predicted octanol–water partition coefficient (Wildman–Crippen LogP) is 5.07. The average molecular weight is 469 g/mol. The fourth-order valence-corrected chi connectivity index (χ4v) is 6.49. The minimum atomic E-state index is -0.884. The number of carbonyl (C=O) groups excluding carboxylic acids is 1. The molecule has 1 saturated carbocycles. The van der Waals surface area contributed by atoms with Crippen molar-refractivity contribution >= 4 is 22.7 Å². The molecule has 5 rings (SSSR count). The highest BCUT2D eigenvalue weighted by Gasteiger charge is 2.66. The highest BCUT2D eigenvalue weighted by Crippen LogP contribution is 2.62. The van der Waals surface area contributed by atoms with Crippen LogP contribution in [0, 0.1) is 23.7 Å². The van der Waals surface area contributed by atoms with Crippen LogP contribution in [0.2, 0.25) is 0 Å². The van der Waals surface area contributed by atoms with E-state index in [2.05, 4.69) is 27.7 Å². The lowest BCUT2D eigenvalue weighted by atomic mass is 9.72. The van der Waals surface area contributed by atoms with Gasteiger partial charge in [-0.1, -0.05) is 57.5 Å². The molecule has 2 aromatic carbocycles. The van der Waals surface area contributed by atoms with E-state index in [1.165, 1.54) is 6.42 Å². The molecule has 2 saturated heterocycles. The Bertz CT molecular complexity index is 1060. The van der Waals surface area contributed by atoms with Crippen molar-refractivity contribution in [3.8, 4) is 0 Å². The molecular formula is C28H36O6. The second-order valence-electron chi connectivity index (χ2n) is 10.7. The van der Waals surface area contributed by atoms with E-state index in [0.717, 1.165) is 36.0 Å². The smallest absolute Gasteiger partial charge is 0.335 e. The standard InChI is InChI=1S/C17H28O4.C11H8O2/c1-10(2)17-7-12-11(3)5-6-13(12)16(4,21-17)14(8-17)20-15(19)9-18;12-11(13)10-6-5-8-3-1-2-4-9(8)7-10/h10-14,18H,5-9H2,1-4H3;1-7H,(H,12,13)/t11?,12?,13-,14?,16?,17?;/m1./s1. The molecule has 0 spiro atoms. The number of aliphatic hydroxyl groups excluding tert-OH is 1. The van der Waals surface area contributed by atoms with Crippen molar-refractivity contribution in [2.24, 2.45) is 23.7 Å². The van der Waals surface area contributed by atoms with Crippen molar-refractivity contribution in [2.45, 2.75) is 70.7 Å². The van der Waals surface area contributed by atoms with Gasteiger partial charge >= 0.3 is 11.9 Å². The van der Waals surface area contributed by atoms with Crippen molar-refractivity contribution in [1.29, 1.82) is 0 Å². The molecule has 3 fully saturated rings. The fourth-order valence-electron chi connectivity index (χ4n) is 6.49. The van der Waals surface area contributed by atoms with E-state index in [4.69, 9.17) is 19.7 Å². The number of aliphatic hydroxyl groups is 1. The number of carboxylic acids is 1. The highest BCUT2D eigenvalue weighted by molar-refractivity contribution is 5.94. The summed E-state index contributed by atoms with van der Waals surface area (Å²) in [7, 11) is 0. The molecule has 3 aliphatic rings. The van der Waals surface area contributed by atoms with Crippen LogP contribution < -0.4 is 0 Å². The normalized spacial score (nSPS) is 33.8. The number of ether oxygens (including phenoxy) is 2. The topological polar surface area (TPSA) is 93.1 Å². The van der Waals surface area contributed by atoms with Crippen molar-refractivity contribution in [3.63, 3.8) is 0 Å². The van der Waals surface area contributed by atoms with E-state index in [9.17, 15) is 9.59 Å². The second kappa shape index (κ2) is 9.31. The molecule has 0 amide bonds. The number of benzene rings is 2. The summed E-state index contributed by atoms with van der Waals surface area (Å²) in [6.07, 6.45) is 4.03. The van der Waals surface area contributed by atoms with Crippen LogP contribution in [0.25, 0.3) is 10.8 Å². The van der Waals surface area contributed by atoms with Crippen LogP contribution in [0.15, 0.2) is 42.5 Å². The number of carboxylic acid groups (broad SMARTS) is 1. The molecule has 2 aromatic rings. The van der Waals surface area contributed by atoms with Gasteiger partial charge < -0.3 is 19.7 Å². The highest BCUT2D eigenvalue weighted by atomic mass is 16.6. The monoisotopic (exact) mass is 468 g/mol. The van der Waals surface area contributed by atoms with Crippen molar-refractivity contribution < 1.29 is 29.3 Å². The summed E-state index contributed by atoms with van der Waals surface area (Å²) in [5.74, 6) is 0.860. The number of hydrogen-bond donors (Lipinski definition) is 2. The lowest BCUT2D eigenvalue weighted by molar-refractivity contribution is -0.214. The molecule has 2 N–H and O–H groups in total. The zero-order valence-corrected chi connectivity index (χ0v) is 20.5. The van der Waals surface area contributed by atoms with E-state index >= 15 is 0 Å². The maximum Gasteiger partial charge on any atom is 0.335 e. The quantitative estimate of drug-likeness (QED) is 0.609. The number of esters is 1. The van der Waals surface area contributed by atoms with E-state index in [0.29, 0.717) is 23.3 Å². The molecule has 6 atom stereocenters. The summed E-state index contributed by atoms with van der Waals surface area (Å²) in [6, 6.07) is 12.8. The number of rotatable bonds is 4. The van der Waals surface area contributed by atoms with Crippen LogP contribution >= 0.6 is 0 Å². The Morgan fingerprint density at radius 3 is 2.47 bits per heavy atom.